The van der Waals surface area contributed by atoms with E-state index in [1.165, 1.54) is 0 Å². The van der Waals surface area contributed by atoms with E-state index in [0.29, 0.717) is 0 Å². The zero-order valence-corrected chi connectivity index (χ0v) is 12.2. The largest absolute Gasteiger partial charge is 0.480 e. The van der Waals surface area contributed by atoms with Crippen LogP contribution in [0.3, 0.4) is 0 Å². The van der Waals surface area contributed by atoms with Gasteiger partial charge in [0.1, 0.15) is 6.54 Å². The Bertz CT molecular complexity index is 325. The highest BCUT2D eigenvalue weighted by Gasteiger charge is 2.18. The Morgan fingerprint density at radius 1 is 1.26 bits per heavy atom. The van der Waals surface area contributed by atoms with Crippen LogP contribution in [0.25, 0.3) is 0 Å². The van der Waals surface area contributed by atoms with Gasteiger partial charge >= 0.3 is 12.0 Å². The third-order valence-electron chi connectivity index (χ3n) is 2.54. The first kappa shape index (κ1) is 17.6. The van der Waals surface area contributed by atoms with Crippen molar-refractivity contribution in [1.82, 2.24) is 15.5 Å². The van der Waals surface area contributed by atoms with E-state index in [1.54, 1.807) is 23.7 Å². The molecule has 3 N–H and O–H groups in total. The molecular weight excluding hydrogens is 270 g/mol. The summed E-state index contributed by atoms with van der Waals surface area (Å²) in [7, 11) is 1.68. The number of carboxylic acids is 1. The zero-order valence-electron chi connectivity index (χ0n) is 11.4. The molecule has 0 spiro atoms. The second-order valence-corrected chi connectivity index (χ2v) is 4.87. The number of carbonyl (C=O) groups is 3. The van der Waals surface area contributed by atoms with Gasteiger partial charge in [-0.25, -0.2) is 4.79 Å². The lowest BCUT2D eigenvalue weighted by Gasteiger charge is -2.26. The molecule has 0 aliphatic carbocycles. The summed E-state index contributed by atoms with van der Waals surface area (Å²) in [6.07, 6.45) is 2.80. The molecule has 0 radical (unpaired) electrons. The van der Waals surface area contributed by atoms with E-state index in [-0.39, 0.29) is 18.6 Å². The van der Waals surface area contributed by atoms with Crippen LogP contribution >= 0.6 is 11.8 Å². The van der Waals surface area contributed by atoms with Crippen molar-refractivity contribution < 1.29 is 19.5 Å². The topological polar surface area (TPSA) is 98.7 Å². The number of urea groups is 1. The van der Waals surface area contributed by atoms with Crippen LogP contribution in [0.4, 0.5) is 4.79 Å². The molecule has 0 heterocycles. The van der Waals surface area contributed by atoms with Crippen LogP contribution in [0.1, 0.15) is 13.3 Å². The van der Waals surface area contributed by atoms with Gasteiger partial charge in [0.2, 0.25) is 5.91 Å². The van der Waals surface area contributed by atoms with Gasteiger partial charge in [-0.3, -0.25) is 9.59 Å². The summed E-state index contributed by atoms with van der Waals surface area (Å²) >= 11 is 1.65. The maximum atomic E-state index is 11.8. The number of carbonyl (C=O) groups excluding carboxylic acids is 2. The van der Waals surface area contributed by atoms with Gasteiger partial charge in [-0.2, -0.15) is 11.8 Å². The highest BCUT2D eigenvalue weighted by molar-refractivity contribution is 7.98. The number of carboxylic acid groups (broad SMARTS) is 1. The smallest absolute Gasteiger partial charge is 0.322 e. The molecule has 0 aromatic carbocycles. The van der Waals surface area contributed by atoms with E-state index in [2.05, 4.69) is 10.6 Å². The summed E-state index contributed by atoms with van der Waals surface area (Å²) in [4.78, 5) is 34.8. The number of amides is 3. The lowest BCUT2D eigenvalue weighted by atomic mass is 10.2. The van der Waals surface area contributed by atoms with Crippen molar-refractivity contribution in [2.45, 2.75) is 19.4 Å². The van der Waals surface area contributed by atoms with Crippen LogP contribution in [0.5, 0.6) is 0 Å². The van der Waals surface area contributed by atoms with Crippen molar-refractivity contribution >= 4 is 29.7 Å². The van der Waals surface area contributed by atoms with Crippen molar-refractivity contribution in [3.8, 4) is 0 Å². The Hall–Kier alpha value is -1.44. The van der Waals surface area contributed by atoms with E-state index < -0.39 is 18.4 Å². The Kier molecular flexibility index (Phi) is 8.77. The Morgan fingerprint density at radius 2 is 1.89 bits per heavy atom. The highest BCUT2D eigenvalue weighted by Crippen LogP contribution is 2.08. The molecule has 1 unspecified atom stereocenters. The first-order valence-electron chi connectivity index (χ1n) is 5.90. The molecule has 0 saturated heterocycles. The molecule has 110 valence electrons. The number of hydrogen-bond donors (Lipinski definition) is 3. The summed E-state index contributed by atoms with van der Waals surface area (Å²) in [6.45, 7) is 1.31. The first-order chi connectivity index (χ1) is 8.92. The fourth-order valence-electron chi connectivity index (χ4n) is 1.38. The van der Waals surface area contributed by atoms with Crippen LogP contribution in [0.2, 0.25) is 0 Å². The van der Waals surface area contributed by atoms with Gasteiger partial charge in [-0.05, 0) is 12.7 Å². The number of nitrogens with one attached hydrogen (secondary N) is 2. The maximum Gasteiger partial charge on any atom is 0.322 e. The Balaban J connectivity index is 4.08. The molecule has 0 saturated carbocycles. The van der Waals surface area contributed by atoms with Gasteiger partial charge in [0.15, 0.2) is 0 Å². The van der Waals surface area contributed by atoms with Crippen LogP contribution in [-0.2, 0) is 9.59 Å². The van der Waals surface area contributed by atoms with E-state index in [1.807, 2.05) is 13.2 Å². The van der Waals surface area contributed by atoms with Crippen molar-refractivity contribution in [1.29, 1.82) is 0 Å². The summed E-state index contributed by atoms with van der Waals surface area (Å²) < 4.78 is 0. The van der Waals surface area contributed by atoms with Gasteiger partial charge in [0.05, 0.1) is 6.54 Å². The van der Waals surface area contributed by atoms with Crippen molar-refractivity contribution in [3.63, 3.8) is 0 Å². The number of thioether (sulfide) groups is 1. The van der Waals surface area contributed by atoms with E-state index in [0.717, 1.165) is 12.2 Å². The van der Waals surface area contributed by atoms with Gasteiger partial charge < -0.3 is 20.6 Å². The van der Waals surface area contributed by atoms with Crippen molar-refractivity contribution in [2.75, 3.05) is 32.1 Å². The molecule has 0 rings (SSSR count). The summed E-state index contributed by atoms with van der Waals surface area (Å²) in [5.74, 6) is -0.823. The molecule has 0 fully saturated rings. The van der Waals surface area contributed by atoms with Gasteiger partial charge in [-0.15, -0.1) is 0 Å². The van der Waals surface area contributed by atoms with E-state index >= 15 is 0 Å². The third kappa shape index (κ3) is 7.55. The average molecular weight is 291 g/mol. The summed E-state index contributed by atoms with van der Waals surface area (Å²) in [5.41, 5.74) is 0. The lowest BCUT2D eigenvalue weighted by molar-refractivity contribution is -0.137. The number of aliphatic carboxylic acids is 1. The number of rotatable bonds is 8. The average Bonchev–Trinajstić information content (AvgIpc) is 2.38. The fraction of sp³-hybridized carbons (Fsp3) is 0.727. The quantitative estimate of drug-likeness (QED) is 0.583. The molecule has 1 atom stereocenters. The van der Waals surface area contributed by atoms with E-state index in [4.69, 9.17) is 5.11 Å². The summed E-state index contributed by atoms with van der Waals surface area (Å²) in [6, 6.07) is -0.233. The molecule has 0 aliphatic rings. The Labute approximate surface area is 117 Å². The normalized spacial score (nSPS) is 11.5. The first-order valence-corrected chi connectivity index (χ1v) is 7.29. The van der Waals surface area contributed by atoms with Crippen molar-refractivity contribution in [3.05, 3.63) is 0 Å². The second kappa shape index (κ2) is 9.48. The standard InChI is InChI=1S/C11H21N3O4S/c1-4-8(7-19-3)14(2)11(18)13-5-9(15)12-6-10(16)17/h8H,4-7H2,1-3H3,(H,12,15)(H,13,18)(H,16,17). The van der Waals surface area contributed by atoms with Crippen LogP contribution in [0.15, 0.2) is 0 Å². The van der Waals surface area contributed by atoms with Gasteiger partial charge in [-0.1, -0.05) is 6.92 Å². The number of hydrogen-bond acceptors (Lipinski definition) is 4. The second-order valence-electron chi connectivity index (χ2n) is 3.96. The fourth-order valence-corrected chi connectivity index (χ4v) is 2.22. The molecular formula is C11H21N3O4S. The lowest BCUT2D eigenvalue weighted by Crippen LogP contribution is -2.47. The highest BCUT2D eigenvalue weighted by atomic mass is 32.2. The summed E-state index contributed by atoms with van der Waals surface area (Å²) in [5, 5.41) is 13.0. The molecule has 8 heteroatoms. The molecule has 7 nitrogen and oxygen atoms in total. The van der Waals surface area contributed by atoms with E-state index in [9.17, 15) is 14.4 Å². The van der Waals surface area contributed by atoms with Crippen molar-refractivity contribution in [2.24, 2.45) is 0 Å². The number of nitrogens with zero attached hydrogens (tertiary/aromatic N) is 1. The molecule has 0 aliphatic heterocycles. The van der Waals surface area contributed by atoms with Crippen LogP contribution in [0, 0.1) is 0 Å². The minimum absolute atomic E-state index is 0.108. The predicted molar refractivity (Wildman–Crippen MR) is 74.3 cm³/mol. The van der Waals surface area contributed by atoms with Gasteiger partial charge in [0.25, 0.3) is 0 Å². The molecule has 19 heavy (non-hydrogen) atoms. The zero-order chi connectivity index (χ0) is 14.8. The van der Waals surface area contributed by atoms with Gasteiger partial charge in [0, 0.05) is 18.8 Å². The monoisotopic (exact) mass is 291 g/mol. The predicted octanol–water partition coefficient (Wildman–Crippen LogP) is -0.0298. The van der Waals surface area contributed by atoms with Crippen LogP contribution < -0.4 is 10.6 Å². The molecule has 0 aromatic rings. The Morgan fingerprint density at radius 3 is 2.37 bits per heavy atom. The maximum absolute atomic E-state index is 11.8. The van der Waals surface area contributed by atoms with Crippen LogP contribution in [-0.4, -0.2) is 66.1 Å². The molecule has 3 amide bonds. The SMILES string of the molecule is CCC(CSC)N(C)C(=O)NCC(=O)NCC(=O)O. The molecule has 0 bridgehead atoms. The minimum Gasteiger partial charge on any atom is -0.480 e. The molecule has 0 aromatic heterocycles. The minimum atomic E-state index is -1.12. The third-order valence-corrected chi connectivity index (χ3v) is 3.25.